The van der Waals surface area contributed by atoms with Crippen molar-refractivity contribution in [2.75, 3.05) is 36.8 Å². The number of rotatable bonds is 4. The Balaban J connectivity index is 1.47. The number of hydrogen-bond donors (Lipinski definition) is 0. The molecule has 2 aromatic heterocycles. The Morgan fingerprint density at radius 1 is 1.20 bits per heavy atom. The van der Waals surface area contributed by atoms with Gasteiger partial charge in [0.2, 0.25) is 5.91 Å². The van der Waals surface area contributed by atoms with Crippen LogP contribution in [0.5, 0.6) is 0 Å². The minimum Gasteiger partial charge on any atom is -0.345 e. The molecular weight excluding hydrogens is 373 g/mol. The number of amides is 1. The van der Waals surface area contributed by atoms with E-state index in [-0.39, 0.29) is 11.7 Å². The number of nitrogens with zero attached hydrogens (tertiary/aromatic N) is 4. The van der Waals surface area contributed by atoms with Crippen molar-refractivity contribution >= 4 is 34.1 Å². The van der Waals surface area contributed by atoms with E-state index in [0.29, 0.717) is 18.1 Å². The zero-order chi connectivity index (χ0) is 17.9. The number of aromatic nitrogens is 2. The summed E-state index contributed by atoms with van der Waals surface area (Å²) in [6.07, 6.45) is -1.85. The van der Waals surface area contributed by atoms with Crippen LogP contribution < -0.4 is 4.90 Å². The Morgan fingerprint density at radius 2 is 1.96 bits per heavy atom. The van der Waals surface area contributed by atoms with E-state index in [0.717, 1.165) is 42.2 Å². The predicted molar refractivity (Wildman–Crippen MR) is 90.9 cm³/mol. The van der Waals surface area contributed by atoms with Crippen LogP contribution in [0.4, 0.5) is 18.3 Å². The van der Waals surface area contributed by atoms with Crippen LogP contribution in [0.1, 0.15) is 5.56 Å². The first-order chi connectivity index (χ1) is 11.9. The van der Waals surface area contributed by atoms with E-state index < -0.39 is 11.7 Å². The summed E-state index contributed by atoms with van der Waals surface area (Å²) in [6, 6.07) is 2.27. The smallest absolute Gasteiger partial charge is 0.345 e. The molecule has 1 aliphatic heterocycles. The summed E-state index contributed by atoms with van der Waals surface area (Å²) < 4.78 is 37.5. The molecule has 3 heterocycles. The Labute approximate surface area is 150 Å². The summed E-state index contributed by atoms with van der Waals surface area (Å²) in [5.74, 6) is 0.126. The van der Waals surface area contributed by atoms with E-state index in [1.807, 2.05) is 5.38 Å². The second-order valence-corrected chi connectivity index (χ2v) is 7.22. The lowest BCUT2D eigenvalue weighted by molar-refractivity contribution is -0.138. The van der Waals surface area contributed by atoms with Gasteiger partial charge < -0.3 is 9.80 Å². The number of pyridine rings is 1. The molecule has 0 atom stereocenters. The van der Waals surface area contributed by atoms with Crippen molar-refractivity contribution < 1.29 is 18.0 Å². The molecule has 0 aliphatic carbocycles. The van der Waals surface area contributed by atoms with Gasteiger partial charge in [-0.3, -0.25) is 4.79 Å². The van der Waals surface area contributed by atoms with E-state index in [1.54, 1.807) is 22.4 Å². The van der Waals surface area contributed by atoms with Crippen molar-refractivity contribution in [1.82, 2.24) is 14.9 Å². The molecule has 1 saturated heterocycles. The van der Waals surface area contributed by atoms with Crippen LogP contribution in [0.25, 0.3) is 0 Å². The average Bonchev–Trinajstić information content (AvgIpc) is 3.14. The fourth-order valence-electron chi connectivity index (χ4n) is 2.38. The highest BCUT2D eigenvalue weighted by atomic mass is 32.2. The van der Waals surface area contributed by atoms with E-state index in [4.69, 9.17) is 0 Å². The number of carbonyl (C=O) groups excluding carboxylic acids is 1. The van der Waals surface area contributed by atoms with Crippen molar-refractivity contribution in [3.8, 4) is 0 Å². The van der Waals surface area contributed by atoms with Crippen molar-refractivity contribution in [1.29, 1.82) is 0 Å². The number of piperazine rings is 1. The molecule has 0 unspecified atom stereocenters. The molecule has 25 heavy (non-hydrogen) atoms. The molecular formula is C15H15F3N4OS2. The van der Waals surface area contributed by atoms with Gasteiger partial charge in [0.05, 0.1) is 16.3 Å². The maximum Gasteiger partial charge on any atom is 0.417 e. The summed E-state index contributed by atoms with van der Waals surface area (Å²) in [5.41, 5.74) is -0.790. The van der Waals surface area contributed by atoms with Gasteiger partial charge in [0.25, 0.3) is 0 Å². The van der Waals surface area contributed by atoms with E-state index >= 15 is 0 Å². The fourth-order valence-corrected chi connectivity index (χ4v) is 3.82. The van der Waals surface area contributed by atoms with E-state index in [1.165, 1.54) is 6.07 Å². The van der Waals surface area contributed by atoms with Crippen LogP contribution in [-0.2, 0) is 11.0 Å². The topological polar surface area (TPSA) is 49.3 Å². The van der Waals surface area contributed by atoms with Gasteiger partial charge in [-0.05, 0) is 12.1 Å². The first-order valence-electron chi connectivity index (χ1n) is 7.52. The summed E-state index contributed by atoms with van der Waals surface area (Å²) in [4.78, 5) is 24.2. The van der Waals surface area contributed by atoms with Crippen molar-refractivity contribution in [3.05, 3.63) is 35.5 Å². The van der Waals surface area contributed by atoms with Gasteiger partial charge in [0, 0.05) is 44.0 Å². The molecule has 0 bridgehead atoms. The Kier molecular flexibility index (Phi) is 5.48. The molecule has 2 aromatic rings. The van der Waals surface area contributed by atoms with Gasteiger partial charge in [-0.1, -0.05) is 11.8 Å². The first kappa shape index (κ1) is 18.0. The van der Waals surface area contributed by atoms with Crippen LogP contribution in [0.15, 0.2) is 34.9 Å². The molecule has 1 aliphatic rings. The number of carbonyl (C=O) groups is 1. The first-order valence-corrected chi connectivity index (χ1v) is 9.38. The lowest BCUT2D eigenvalue weighted by atomic mass is 10.3. The van der Waals surface area contributed by atoms with Gasteiger partial charge in [-0.2, -0.15) is 13.2 Å². The molecule has 10 heteroatoms. The lowest BCUT2D eigenvalue weighted by Crippen LogP contribution is -2.49. The lowest BCUT2D eigenvalue weighted by Gasteiger charge is -2.34. The number of halogens is 3. The second-order valence-electron chi connectivity index (χ2n) is 5.35. The molecule has 1 fully saturated rings. The van der Waals surface area contributed by atoms with Gasteiger partial charge in [-0.25, -0.2) is 9.97 Å². The van der Waals surface area contributed by atoms with Crippen LogP contribution in [0.3, 0.4) is 0 Å². The summed E-state index contributed by atoms with van der Waals surface area (Å²) in [6.45, 7) is 2.67. The highest BCUT2D eigenvalue weighted by molar-refractivity contribution is 7.99. The number of thioether (sulfide) groups is 1. The second kappa shape index (κ2) is 7.61. The zero-order valence-electron chi connectivity index (χ0n) is 13.1. The normalized spacial score (nSPS) is 15.5. The molecule has 134 valence electrons. The largest absolute Gasteiger partial charge is 0.417 e. The van der Waals surface area contributed by atoms with E-state index in [9.17, 15) is 18.0 Å². The van der Waals surface area contributed by atoms with Crippen LogP contribution in [-0.4, -0.2) is 52.7 Å². The average molecular weight is 388 g/mol. The monoisotopic (exact) mass is 388 g/mol. The Morgan fingerprint density at radius 3 is 2.52 bits per heavy atom. The van der Waals surface area contributed by atoms with Crippen molar-refractivity contribution in [3.63, 3.8) is 0 Å². The maximum atomic E-state index is 12.5. The minimum absolute atomic E-state index is 0.0366. The molecule has 0 radical (unpaired) electrons. The summed E-state index contributed by atoms with van der Waals surface area (Å²) >= 11 is 2.71. The summed E-state index contributed by atoms with van der Waals surface area (Å²) in [7, 11) is 0. The van der Waals surface area contributed by atoms with Gasteiger partial charge in [0.15, 0.2) is 5.13 Å². The summed E-state index contributed by atoms with van der Waals surface area (Å²) in [5, 5.41) is 3.28. The maximum absolute atomic E-state index is 12.5. The van der Waals surface area contributed by atoms with Crippen LogP contribution in [0.2, 0.25) is 0 Å². The fraction of sp³-hybridized carbons (Fsp3) is 0.400. The highest BCUT2D eigenvalue weighted by Crippen LogP contribution is 2.29. The van der Waals surface area contributed by atoms with Crippen LogP contribution in [0, 0.1) is 0 Å². The van der Waals surface area contributed by atoms with Gasteiger partial charge in [-0.15, -0.1) is 11.3 Å². The third-order valence-corrected chi connectivity index (χ3v) is 5.49. The molecule has 3 rings (SSSR count). The SMILES string of the molecule is O=C(CSc1ccc(C(F)(F)F)cn1)N1CCN(c2nccs2)CC1. The number of alkyl halides is 3. The highest BCUT2D eigenvalue weighted by Gasteiger charge is 2.30. The molecule has 0 N–H and O–H groups in total. The third-order valence-electron chi connectivity index (χ3n) is 3.73. The Bertz CT molecular complexity index is 699. The molecule has 0 saturated carbocycles. The number of hydrogen-bond acceptors (Lipinski definition) is 6. The molecule has 0 spiro atoms. The van der Waals surface area contributed by atoms with Crippen molar-refractivity contribution in [2.45, 2.75) is 11.2 Å². The number of anilines is 1. The number of thiazole rings is 1. The predicted octanol–water partition coefficient (Wildman–Crippen LogP) is 3.00. The van der Waals surface area contributed by atoms with Crippen molar-refractivity contribution in [2.24, 2.45) is 0 Å². The molecule has 0 aromatic carbocycles. The van der Waals surface area contributed by atoms with Gasteiger partial charge >= 0.3 is 6.18 Å². The third kappa shape index (κ3) is 4.63. The Hall–Kier alpha value is -1.81. The van der Waals surface area contributed by atoms with Crippen LogP contribution >= 0.6 is 23.1 Å². The van der Waals surface area contributed by atoms with Gasteiger partial charge in [0.1, 0.15) is 0 Å². The molecule has 5 nitrogen and oxygen atoms in total. The standard InChI is InChI=1S/C15H15F3N4OS2/c16-15(17,18)11-1-2-12(20-9-11)25-10-13(23)21-4-6-22(7-5-21)14-19-3-8-24-14/h1-3,8-9H,4-7,10H2. The minimum atomic E-state index is -4.40. The zero-order valence-corrected chi connectivity index (χ0v) is 14.7. The molecule has 1 amide bonds. The quantitative estimate of drug-likeness (QED) is 0.754. The van der Waals surface area contributed by atoms with E-state index in [2.05, 4.69) is 14.9 Å².